The number of rotatable bonds is 3. The summed E-state index contributed by atoms with van der Waals surface area (Å²) in [5.41, 5.74) is 0. The van der Waals surface area contributed by atoms with Gasteiger partial charge in [-0.25, -0.2) is 8.42 Å². The van der Waals surface area contributed by atoms with Crippen molar-refractivity contribution in [1.29, 1.82) is 0 Å². The maximum absolute atomic E-state index is 9.78. The van der Waals surface area contributed by atoms with Gasteiger partial charge in [0.2, 0.25) is 0 Å². The Morgan fingerprint density at radius 1 is 1.50 bits per heavy atom. The van der Waals surface area contributed by atoms with Gasteiger partial charge in [0.05, 0.1) is 0 Å². The van der Waals surface area contributed by atoms with Gasteiger partial charge < -0.3 is 9.66 Å². The second-order valence-electron chi connectivity index (χ2n) is 1.38. The number of hydrogen-bond donors (Lipinski definition) is 1. The fraction of sp³-hybridized carbons (Fsp3) is 0.500. The van der Waals surface area contributed by atoms with E-state index < -0.39 is 10.1 Å². The van der Waals surface area contributed by atoms with E-state index in [0.717, 1.165) is 6.08 Å². The first kappa shape index (κ1) is 13.2. The van der Waals surface area contributed by atoms with Gasteiger partial charge in [0.1, 0.15) is 10.1 Å². The van der Waals surface area contributed by atoms with Gasteiger partial charge in [-0.3, -0.25) is 0 Å². The summed E-state index contributed by atoms with van der Waals surface area (Å²) < 4.78 is 29.3. The molecule has 0 rings (SSSR count). The summed E-state index contributed by atoms with van der Waals surface area (Å²) in [5.74, 6) is 0. The van der Waals surface area contributed by atoms with E-state index in [2.05, 4.69) is 0 Å². The maximum atomic E-state index is 9.78. The molecule has 0 fully saturated rings. The van der Waals surface area contributed by atoms with Crippen molar-refractivity contribution in [2.75, 3.05) is 6.61 Å². The molecule has 0 aromatic heterocycles. The molecule has 0 atom stereocenters. The van der Waals surface area contributed by atoms with E-state index in [-0.39, 0.29) is 42.6 Å². The minimum atomic E-state index is -4.24. The van der Waals surface area contributed by atoms with Crippen LogP contribution in [0.4, 0.5) is 0 Å². The molecule has 54 valence electrons. The smallest absolute Gasteiger partial charge is 0.744 e. The summed E-state index contributed by atoms with van der Waals surface area (Å²) in [5, 5.41) is 8.65. The molecule has 0 aliphatic rings. The summed E-state index contributed by atoms with van der Waals surface area (Å²) in [7, 11) is -4.24. The van der Waals surface area contributed by atoms with Crippen molar-refractivity contribution in [2.24, 2.45) is 0 Å². The predicted octanol–water partition coefficient (Wildman–Crippen LogP) is -3.57. The summed E-state index contributed by atoms with van der Waals surface area (Å²) in [4.78, 5) is 0. The first-order valence-electron chi connectivity index (χ1n) is 2.29. The Bertz CT molecular complexity index is 183. The van der Waals surface area contributed by atoms with Gasteiger partial charge in [-0.2, -0.15) is 0 Å². The maximum Gasteiger partial charge on any atom is 1.00 e. The molecule has 0 unspecified atom stereocenters. The van der Waals surface area contributed by atoms with Gasteiger partial charge in [-0.15, -0.1) is 0 Å². The van der Waals surface area contributed by atoms with Gasteiger partial charge >= 0.3 is 29.6 Å². The van der Waals surface area contributed by atoms with E-state index in [9.17, 15) is 13.0 Å². The Balaban J connectivity index is 0. The zero-order valence-electron chi connectivity index (χ0n) is 5.65. The van der Waals surface area contributed by atoms with Gasteiger partial charge in [-0.05, 0) is 6.42 Å². The van der Waals surface area contributed by atoms with Crippen molar-refractivity contribution in [1.82, 2.24) is 0 Å². The Labute approximate surface area is 82.0 Å². The molecule has 0 heterocycles. The van der Waals surface area contributed by atoms with Crippen LogP contribution < -0.4 is 29.6 Å². The van der Waals surface area contributed by atoms with Crippen LogP contribution in [0.25, 0.3) is 0 Å². The van der Waals surface area contributed by atoms with Gasteiger partial charge in [-0.1, -0.05) is 6.08 Å². The minimum Gasteiger partial charge on any atom is -0.744 e. The Morgan fingerprint density at radius 3 is 2.30 bits per heavy atom. The number of aliphatic hydroxyl groups is 1. The molecule has 0 saturated heterocycles. The normalized spacial score (nSPS) is 11.4. The topological polar surface area (TPSA) is 77.4 Å². The molecule has 0 aromatic carbocycles. The van der Waals surface area contributed by atoms with E-state index >= 15 is 0 Å². The van der Waals surface area contributed by atoms with E-state index in [0.29, 0.717) is 5.41 Å². The average molecular weight is 174 g/mol. The summed E-state index contributed by atoms with van der Waals surface area (Å²) in [6, 6.07) is 0. The van der Waals surface area contributed by atoms with Crippen molar-refractivity contribution < 1.29 is 47.6 Å². The van der Waals surface area contributed by atoms with Crippen molar-refractivity contribution in [3.63, 3.8) is 0 Å². The monoisotopic (exact) mass is 174 g/mol. The average Bonchev–Trinajstić information content (AvgIpc) is 1.63. The third-order valence-corrected chi connectivity index (χ3v) is 1.08. The zero-order valence-corrected chi connectivity index (χ0v) is 8.47. The molecule has 6 heteroatoms. The zero-order chi connectivity index (χ0) is 7.33. The van der Waals surface area contributed by atoms with E-state index in [1.165, 1.54) is 0 Å². The third kappa shape index (κ3) is 11.4. The predicted molar refractivity (Wildman–Crippen MR) is 30.5 cm³/mol. The SMILES string of the molecule is O=S(=O)([O-])/C=C/CCO.[Na+]. The molecule has 0 saturated carbocycles. The van der Waals surface area contributed by atoms with Crippen molar-refractivity contribution in [2.45, 2.75) is 6.42 Å². The molecule has 0 radical (unpaired) electrons. The number of hydrogen-bond acceptors (Lipinski definition) is 4. The molecular weight excluding hydrogens is 167 g/mol. The minimum absolute atomic E-state index is 0. The Hall–Kier alpha value is 0.610. The van der Waals surface area contributed by atoms with Crippen LogP contribution in [0.2, 0.25) is 0 Å². The standard InChI is InChI=1S/C4H8O4S.Na/c5-3-1-2-4-9(6,7)8;/h2,4-5H,1,3H2,(H,6,7,8);/q;+1/p-1/b4-2+;. The third-order valence-electron chi connectivity index (χ3n) is 0.559. The fourth-order valence-corrected chi connectivity index (χ4v) is 0.632. The number of aliphatic hydroxyl groups excluding tert-OH is 1. The summed E-state index contributed by atoms with van der Waals surface area (Å²) >= 11 is 0. The van der Waals surface area contributed by atoms with E-state index in [1.54, 1.807) is 0 Å². The van der Waals surface area contributed by atoms with Crippen LogP contribution in [0.3, 0.4) is 0 Å². The van der Waals surface area contributed by atoms with Crippen LogP contribution in [0.1, 0.15) is 6.42 Å². The molecule has 10 heavy (non-hydrogen) atoms. The van der Waals surface area contributed by atoms with Crippen LogP contribution in [0, 0.1) is 0 Å². The van der Waals surface area contributed by atoms with E-state index in [1.807, 2.05) is 0 Å². The molecule has 0 aromatic rings. The molecule has 1 N–H and O–H groups in total. The van der Waals surface area contributed by atoms with Crippen molar-refractivity contribution in [3.8, 4) is 0 Å². The summed E-state index contributed by atoms with van der Waals surface area (Å²) in [6.45, 7) is -0.147. The fourth-order valence-electron chi connectivity index (χ4n) is 0.260. The van der Waals surface area contributed by atoms with Crippen molar-refractivity contribution in [3.05, 3.63) is 11.5 Å². The molecular formula is C4H7NaO4S. The van der Waals surface area contributed by atoms with Crippen LogP contribution in [-0.2, 0) is 10.1 Å². The van der Waals surface area contributed by atoms with Gasteiger partial charge in [0, 0.05) is 12.0 Å². The molecule has 0 bridgehead atoms. The first-order valence-corrected chi connectivity index (χ1v) is 3.76. The first-order chi connectivity index (χ1) is 4.06. The molecule has 4 nitrogen and oxygen atoms in total. The Kier molecular flexibility index (Phi) is 8.36. The van der Waals surface area contributed by atoms with Crippen LogP contribution in [-0.4, -0.2) is 24.7 Å². The summed E-state index contributed by atoms with van der Waals surface area (Å²) in [6.07, 6.45) is 1.31. The quantitative estimate of drug-likeness (QED) is 0.354. The van der Waals surface area contributed by atoms with Crippen LogP contribution in [0.15, 0.2) is 11.5 Å². The molecule has 0 aliphatic carbocycles. The Morgan fingerprint density at radius 2 is 2.00 bits per heavy atom. The molecule has 0 aliphatic heterocycles. The van der Waals surface area contributed by atoms with E-state index in [4.69, 9.17) is 5.11 Å². The van der Waals surface area contributed by atoms with Gasteiger partial charge in [0.15, 0.2) is 0 Å². The van der Waals surface area contributed by atoms with Crippen LogP contribution >= 0.6 is 0 Å². The van der Waals surface area contributed by atoms with Crippen molar-refractivity contribution >= 4 is 10.1 Å². The largest absolute Gasteiger partial charge is 1.00 e. The molecule has 0 amide bonds. The second-order valence-corrected chi connectivity index (χ2v) is 2.63. The second kappa shape index (κ2) is 6.33. The molecule has 0 spiro atoms. The van der Waals surface area contributed by atoms with Gasteiger partial charge in [0.25, 0.3) is 0 Å². The van der Waals surface area contributed by atoms with Crippen LogP contribution in [0.5, 0.6) is 0 Å².